The molecule has 0 aliphatic carbocycles. The fourth-order valence-electron chi connectivity index (χ4n) is 1.49. The van der Waals surface area contributed by atoms with Gasteiger partial charge in [0.1, 0.15) is 6.61 Å². The molecule has 0 saturated carbocycles. The molecule has 0 amide bonds. The van der Waals surface area contributed by atoms with Crippen molar-refractivity contribution < 1.29 is 9.15 Å². The van der Waals surface area contributed by atoms with E-state index in [0.29, 0.717) is 18.4 Å². The van der Waals surface area contributed by atoms with Crippen molar-refractivity contribution in [1.29, 1.82) is 0 Å². The van der Waals surface area contributed by atoms with Crippen LogP contribution in [0.3, 0.4) is 0 Å². The number of rotatable bonds is 9. The lowest BCUT2D eigenvalue weighted by Crippen LogP contribution is -2.21. The predicted octanol–water partition coefficient (Wildman–Crippen LogP) is 2.45. The molecule has 1 unspecified atom stereocenters. The highest BCUT2D eigenvalue weighted by atomic mass is 16.5. The summed E-state index contributed by atoms with van der Waals surface area (Å²) in [5.74, 6) is 1.22. The summed E-state index contributed by atoms with van der Waals surface area (Å²) in [6, 6.07) is 0.155. The van der Waals surface area contributed by atoms with Crippen LogP contribution in [0.2, 0.25) is 0 Å². The maximum absolute atomic E-state index is 5.57. The van der Waals surface area contributed by atoms with Gasteiger partial charge in [0.15, 0.2) is 0 Å². The van der Waals surface area contributed by atoms with Gasteiger partial charge in [0.25, 0.3) is 0 Å². The molecule has 0 aromatic carbocycles. The van der Waals surface area contributed by atoms with Crippen molar-refractivity contribution in [3.8, 4) is 0 Å². The first-order valence-corrected chi connectivity index (χ1v) is 6.45. The third-order valence-corrected chi connectivity index (χ3v) is 2.40. The molecule has 0 radical (unpaired) electrons. The van der Waals surface area contributed by atoms with Gasteiger partial charge in [0.2, 0.25) is 11.8 Å². The van der Waals surface area contributed by atoms with E-state index in [1.54, 1.807) is 0 Å². The number of nitrogens with one attached hydrogen (secondary N) is 1. The summed E-state index contributed by atoms with van der Waals surface area (Å²) in [4.78, 5) is 0. The molecule has 1 N–H and O–H groups in total. The normalized spacial score (nSPS) is 12.9. The van der Waals surface area contributed by atoms with E-state index in [2.05, 4.69) is 36.3 Å². The van der Waals surface area contributed by atoms with E-state index in [1.807, 2.05) is 0 Å². The van der Waals surface area contributed by atoms with E-state index in [9.17, 15) is 0 Å². The van der Waals surface area contributed by atoms with Crippen LogP contribution in [-0.4, -0.2) is 23.3 Å². The second-order valence-corrected chi connectivity index (χ2v) is 4.00. The first kappa shape index (κ1) is 14.1. The summed E-state index contributed by atoms with van der Waals surface area (Å²) in [7, 11) is 0. The number of hydrogen-bond acceptors (Lipinski definition) is 5. The zero-order valence-electron chi connectivity index (χ0n) is 11.0. The predicted molar refractivity (Wildman–Crippen MR) is 65.6 cm³/mol. The molecule has 17 heavy (non-hydrogen) atoms. The largest absolute Gasteiger partial charge is 0.421 e. The highest BCUT2D eigenvalue weighted by Gasteiger charge is 2.15. The summed E-state index contributed by atoms with van der Waals surface area (Å²) in [6.07, 6.45) is 3.03. The van der Waals surface area contributed by atoms with Crippen LogP contribution in [0.1, 0.15) is 57.9 Å². The Bertz CT molecular complexity index is 302. The van der Waals surface area contributed by atoms with Gasteiger partial charge in [-0.05, 0) is 25.8 Å². The zero-order chi connectivity index (χ0) is 12.5. The average Bonchev–Trinajstić information content (AvgIpc) is 2.79. The van der Waals surface area contributed by atoms with Crippen LogP contribution in [0.5, 0.6) is 0 Å². The van der Waals surface area contributed by atoms with Crippen molar-refractivity contribution in [2.24, 2.45) is 0 Å². The molecule has 0 saturated heterocycles. The molecule has 1 aromatic heterocycles. The summed E-state index contributed by atoms with van der Waals surface area (Å²) < 4.78 is 10.9. The van der Waals surface area contributed by atoms with Crippen molar-refractivity contribution in [3.05, 3.63) is 11.8 Å². The monoisotopic (exact) mass is 241 g/mol. The van der Waals surface area contributed by atoms with Crippen LogP contribution in [0.4, 0.5) is 0 Å². The van der Waals surface area contributed by atoms with E-state index in [1.165, 1.54) is 0 Å². The highest BCUT2D eigenvalue weighted by Crippen LogP contribution is 2.15. The standard InChI is InChI=1S/C12H23N3O2/c1-4-7-13-10(6-3)12-15-14-11(17-12)9-16-8-5-2/h10,13H,4-9H2,1-3H3. The van der Waals surface area contributed by atoms with Crippen LogP contribution in [0, 0.1) is 0 Å². The summed E-state index contributed by atoms with van der Waals surface area (Å²) in [5, 5.41) is 11.4. The van der Waals surface area contributed by atoms with E-state index >= 15 is 0 Å². The molecule has 0 spiro atoms. The van der Waals surface area contributed by atoms with Crippen molar-refractivity contribution >= 4 is 0 Å². The maximum atomic E-state index is 5.57. The van der Waals surface area contributed by atoms with Gasteiger partial charge in [-0.2, -0.15) is 0 Å². The lowest BCUT2D eigenvalue weighted by molar-refractivity contribution is 0.101. The molecule has 0 aliphatic heterocycles. The zero-order valence-corrected chi connectivity index (χ0v) is 11.0. The Morgan fingerprint density at radius 1 is 1.24 bits per heavy atom. The summed E-state index contributed by atoms with van der Waals surface area (Å²) >= 11 is 0. The van der Waals surface area contributed by atoms with Crippen LogP contribution in [-0.2, 0) is 11.3 Å². The quantitative estimate of drug-likeness (QED) is 0.673. The second-order valence-electron chi connectivity index (χ2n) is 4.00. The smallest absolute Gasteiger partial charge is 0.242 e. The van der Waals surface area contributed by atoms with Gasteiger partial charge in [0.05, 0.1) is 6.04 Å². The van der Waals surface area contributed by atoms with Crippen molar-refractivity contribution in [2.75, 3.05) is 13.2 Å². The number of nitrogens with zero attached hydrogens (tertiary/aromatic N) is 2. The Kier molecular flexibility index (Phi) is 6.81. The fraction of sp³-hybridized carbons (Fsp3) is 0.833. The molecular weight excluding hydrogens is 218 g/mol. The van der Waals surface area contributed by atoms with Gasteiger partial charge in [0, 0.05) is 6.61 Å². The fourth-order valence-corrected chi connectivity index (χ4v) is 1.49. The summed E-state index contributed by atoms with van der Waals surface area (Å²) in [6.45, 7) is 8.40. The van der Waals surface area contributed by atoms with Crippen LogP contribution in [0.15, 0.2) is 4.42 Å². The number of ether oxygens (including phenoxy) is 1. The molecule has 1 aromatic rings. The molecule has 5 nitrogen and oxygen atoms in total. The van der Waals surface area contributed by atoms with E-state index in [0.717, 1.165) is 32.4 Å². The van der Waals surface area contributed by atoms with Gasteiger partial charge in [-0.3, -0.25) is 0 Å². The third kappa shape index (κ3) is 4.83. The topological polar surface area (TPSA) is 60.2 Å². The van der Waals surface area contributed by atoms with Crippen molar-refractivity contribution in [3.63, 3.8) is 0 Å². The molecular formula is C12H23N3O2. The van der Waals surface area contributed by atoms with Gasteiger partial charge < -0.3 is 14.5 Å². The molecule has 98 valence electrons. The Morgan fingerprint density at radius 3 is 2.71 bits per heavy atom. The molecule has 0 fully saturated rings. The van der Waals surface area contributed by atoms with Gasteiger partial charge in [-0.25, -0.2) is 0 Å². The van der Waals surface area contributed by atoms with Gasteiger partial charge >= 0.3 is 0 Å². The first-order chi connectivity index (χ1) is 8.31. The Hall–Kier alpha value is -0.940. The number of aromatic nitrogens is 2. The number of hydrogen-bond donors (Lipinski definition) is 1. The van der Waals surface area contributed by atoms with Crippen molar-refractivity contribution in [1.82, 2.24) is 15.5 Å². The minimum Gasteiger partial charge on any atom is -0.421 e. The Morgan fingerprint density at radius 2 is 2.06 bits per heavy atom. The minimum absolute atomic E-state index is 0.155. The van der Waals surface area contributed by atoms with E-state index in [4.69, 9.17) is 9.15 Å². The van der Waals surface area contributed by atoms with Crippen molar-refractivity contribution in [2.45, 2.75) is 52.7 Å². The van der Waals surface area contributed by atoms with Gasteiger partial charge in [-0.1, -0.05) is 20.8 Å². The minimum atomic E-state index is 0.155. The van der Waals surface area contributed by atoms with Crippen LogP contribution < -0.4 is 5.32 Å². The lowest BCUT2D eigenvalue weighted by atomic mass is 10.2. The molecule has 1 atom stereocenters. The highest BCUT2D eigenvalue weighted by molar-refractivity contribution is 4.89. The summed E-state index contributed by atoms with van der Waals surface area (Å²) in [5.41, 5.74) is 0. The SMILES string of the molecule is CCCNC(CC)c1nnc(COCCC)o1. The lowest BCUT2D eigenvalue weighted by Gasteiger charge is -2.11. The second kappa shape index (κ2) is 8.20. The van der Waals surface area contributed by atoms with Crippen LogP contribution >= 0.6 is 0 Å². The molecule has 0 bridgehead atoms. The first-order valence-electron chi connectivity index (χ1n) is 6.45. The Balaban J connectivity index is 2.46. The Labute approximate surface area is 103 Å². The van der Waals surface area contributed by atoms with Gasteiger partial charge in [-0.15, -0.1) is 10.2 Å². The molecule has 0 aliphatic rings. The maximum Gasteiger partial charge on any atom is 0.242 e. The van der Waals surface area contributed by atoms with E-state index < -0.39 is 0 Å². The van der Waals surface area contributed by atoms with E-state index in [-0.39, 0.29) is 6.04 Å². The molecule has 5 heteroatoms. The third-order valence-electron chi connectivity index (χ3n) is 2.40. The van der Waals surface area contributed by atoms with Crippen LogP contribution in [0.25, 0.3) is 0 Å². The average molecular weight is 241 g/mol. The molecule has 1 heterocycles. The molecule has 1 rings (SSSR count).